The summed E-state index contributed by atoms with van der Waals surface area (Å²) in [6.07, 6.45) is 5.94. The standard InChI is InChI=1S/C22H42O2Si2/c1-13-14-18-15-19(23-25(9,10)21(3,4)5)17(2)20(16-18)24-26(11,12)22(6,7)8/h13-14,19-20H,1-2,15-16H2,3-12H3/t19-,20+. The first-order valence-electron chi connectivity index (χ1n) is 9.86. The van der Waals surface area contributed by atoms with Gasteiger partial charge in [0.2, 0.25) is 0 Å². The van der Waals surface area contributed by atoms with Gasteiger partial charge >= 0.3 is 0 Å². The minimum atomic E-state index is -1.87. The molecule has 0 aromatic heterocycles. The van der Waals surface area contributed by atoms with Crippen molar-refractivity contribution in [1.29, 1.82) is 0 Å². The van der Waals surface area contributed by atoms with Crippen LogP contribution in [-0.4, -0.2) is 28.8 Å². The Morgan fingerprint density at radius 1 is 0.846 bits per heavy atom. The molecule has 0 heterocycles. The van der Waals surface area contributed by atoms with Gasteiger partial charge in [-0.15, -0.1) is 0 Å². The van der Waals surface area contributed by atoms with Gasteiger partial charge in [0.05, 0.1) is 12.2 Å². The van der Waals surface area contributed by atoms with Crippen molar-refractivity contribution >= 4 is 16.6 Å². The number of allylic oxidation sites excluding steroid dienone is 2. The molecule has 26 heavy (non-hydrogen) atoms. The second kappa shape index (κ2) is 7.90. The molecule has 2 nitrogen and oxygen atoms in total. The van der Waals surface area contributed by atoms with E-state index in [1.54, 1.807) is 0 Å². The molecule has 1 aliphatic rings. The minimum Gasteiger partial charge on any atom is -0.410 e. The van der Waals surface area contributed by atoms with E-state index in [4.69, 9.17) is 8.85 Å². The van der Waals surface area contributed by atoms with E-state index < -0.39 is 16.6 Å². The summed E-state index contributed by atoms with van der Waals surface area (Å²) >= 11 is 0. The van der Waals surface area contributed by atoms with Crippen molar-refractivity contribution < 1.29 is 8.85 Å². The lowest BCUT2D eigenvalue weighted by Crippen LogP contribution is -2.49. The summed E-state index contributed by atoms with van der Waals surface area (Å²) in [5.41, 5.74) is 2.49. The lowest BCUT2D eigenvalue weighted by molar-refractivity contribution is 0.132. The van der Waals surface area contributed by atoms with Crippen LogP contribution in [0.5, 0.6) is 0 Å². The van der Waals surface area contributed by atoms with E-state index in [0.717, 1.165) is 18.4 Å². The molecule has 1 aliphatic carbocycles. The molecule has 0 N–H and O–H groups in total. The van der Waals surface area contributed by atoms with Crippen LogP contribution in [0.3, 0.4) is 0 Å². The highest BCUT2D eigenvalue weighted by Gasteiger charge is 2.44. The molecule has 1 saturated carbocycles. The largest absolute Gasteiger partial charge is 0.410 e. The van der Waals surface area contributed by atoms with Crippen molar-refractivity contribution in [3.8, 4) is 0 Å². The molecule has 0 amide bonds. The van der Waals surface area contributed by atoms with Gasteiger partial charge in [0.15, 0.2) is 16.6 Å². The van der Waals surface area contributed by atoms with Crippen LogP contribution in [0.15, 0.2) is 36.5 Å². The smallest absolute Gasteiger partial charge is 0.192 e. The Morgan fingerprint density at radius 3 is 1.46 bits per heavy atom. The zero-order valence-electron chi connectivity index (χ0n) is 19.0. The van der Waals surface area contributed by atoms with Gasteiger partial charge in [0, 0.05) is 0 Å². The van der Waals surface area contributed by atoms with E-state index in [0.29, 0.717) is 0 Å². The Kier molecular flexibility index (Phi) is 7.18. The van der Waals surface area contributed by atoms with E-state index >= 15 is 0 Å². The maximum absolute atomic E-state index is 6.76. The Labute approximate surface area is 165 Å². The van der Waals surface area contributed by atoms with Gasteiger partial charge in [0.25, 0.3) is 0 Å². The van der Waals surface area contributed by atoms with Crippen molar-refractivity contribution in [3.05, 3.63) is 36.5 Å². The Bertz CT molecular complexity index is 518. The molecule has 0 saturated heterocycles. The zero-order valence-corrected chi connectivity index (χ0v) is 21.0. The van der Waals surface area contributed by atoms with Gasteiger partial charge in [0.1, 0.15) is 0 Å². The van der Waals surface area contributed by atoms with Crippen LogP contribution in [0.4, 0.5) is 0 Å². The second-order valence-electron chi connectivity index (χ2n) is 10.8. The summed E-state index contributed by atoms with van der Waals surface area (Å²) < 4.78 is 13.5. The summed E-state index contributed by atoms with van der Waals surface area (Å²) in [6, 6.07) is 0. The highest BCUT2D eigenvalue weighted by atomic mass is 28.4. The molecule has 0 radical (unpaired) electrons. The summed E-state index contributed by atoms with van der Waals surface area (Å²) in [7, 11) is -3.74. The molecule has 4 heteroatoms. The number of rotatable bonds is 5. The maximum atomic E-state index is 6.76. The first-order valence-corrected chi connectivity index (χ1v) is 15.7. The van der Waals surface area contributed by atoms with Crippen LogP contribution >= 0.6 is 0 Å². The lowest BCUT2D eigenvalue weighted by atomic mass is 9.86. The Hall–Kier alpha value is -0.426. The first kappa shape index (κ1) is 23.6. The van der Waals surface area contributed by atoms with Crippen LogP contribution in [0.2, 0.25) is 36.3 Å². The van der Waals surface area contributed by atoms with E-state index in [9.17, 15) is 0 Å². The summed E-state index contributed by atoms with van der Waals surface area (Å²) in [4.78, 5) is 0. The first-order chi connectivity index (χ1) is 11.5. The monoisotopic (exact) mass is 394 g/mol. The van der Waals surface area contributed by atoms with Crippen molar-refractivity contribution in [2.75, 3.05) is 0 Å². The topological polar surface area (TPSA) is 18.5 Å². The highest BCUT2D eigenvalue weighted by molar-refractivity contribution is 6.74. The van der Waals surface area contributed by atoms with E-state index in [2.05, 4.69) is 87.0 Å². The molecule has 0 aromatic rings. The van der Waals surface area contributed by atoms with E-state index in [1.807, 2.05) is 6.08 Å². The molecule has 0 aromatic carbocycles. The predicted octanol–water partition coefficient (Wildman–Crippen LogP) is 7.23. The summed E-state index contributed by atoms with van der Waals surface area (Å²) in [5.74, 6) is 0. The molecule has 2 atom stereocenters. The molecule has 0 bridgehead atoms. The summed E-state index contributed by atoms with van der Waals surface area (Å²) in [5, 5.41) is 0.367. The van der Waals surface area contributed by atoms with Crippen LogP contribution in [-0.2, 0) is 8.85 Å². The molecule has 1 fully saturated rings. The molecule has 1 rings (SSSR count). The molecule has 0 spiro atoms. The van der Waals surface area contributed by atoms with Gasteiger partial charge in [-0.1, -0.05) is 72.4 Å². The lowest BCUT2D eigenvalue weighted by Gasteiger charge is -2.46. The van der Waals surface area contributed by atoms with Crippen molar-refractivity contribution in [3.63, 3.8) is 0 Å². The fourth-order valence-electron chi connectivity index (χ4n) is 2.63. The number of hydrogen-bond donors (Lipinski definition) is 0. The normalized spacial score (nSPS) is 24.8. The Morgan fingerprint density at radius 2 is 1.19 bits per heavy atom. The van der Waals surface area contributed by atoms with Crippen LogP contribution in [0.1, 0.15) is 54.4 Å². The third kappa shape index (κ3) is 5.54. The van der Waals surface area contributed by atoms with Crippen LogP contribution in [0, 0.1) is 0 Å². The van der Waals surface area contributed by atoms with E-state index in [-0.39, 0.29) is 22.3 Å². The third-order valence-electron chi connectivity index (χ3n) is 6.56. The average molecular weight is 395 g/mol. The second-order valence-corrected chi connectivity index (χ2v) is 20.3. The van der Waals surface area contributed by atoms with Gasteiger partial charge in [-0.3, -0.25) is 0 Å². The molecule has 0 aliphatic heterocycles. The number of hydrogen-bond acceptors (Lipinski definition) is 2. The fourth-order valence-corrected chi connectivity index (χ4v) is 5.23. The summed E-state index contributed by atoms with van der Waals surface area (Å²) in [6.45, 7) is 31.3. The SMILES string of the molecule is C=CC=C1C[C@H](O[Si](C)(C)C(C)(C)C)C(=C)[C@H](O[Si](C)(C)C(C)(C)C)C1. The molecule has 150 valence electrons. The van der Waals surface area contributed by atoms with Crippen molar-refractivity contribution in [2.45, 2.75) is 103 Å². The van der Waals surface area contributed by atoms with Crippen LogP contribution in [0.25, 0.3) is 0 Å². The fraction of sp³-hybridized carbons (Fsp3) is 0.727. The quantitative estimate of drug-likeness (QED) is 0.361. The van der Waals surface area contributed by atoms with Gasteiger partial charge < -0.3 is 8.85 Å². The molecular formula is C22H42O2Si2. The van der Waals surface area contributed by atoms with Crippen molar-refractivity contribution in [2.24, 2.45) is 0 Å². The van der Waals surface area contributed by atoms with Gasteiger partial charge in [-0.2, -0.15) is 0 Å². The average Bonchev–Trinajstić information content (AvgIpc) is 2.41. The predicted molar refractivity (Wildman–Crippen MR) is 121 cm³/mol. The molecular weight excluding hydrogens is 352 g/mol. The van der Waals surface area contributed by atoms with E-state index in [1.165, 1.54) is 5.57 Å². The van der Waals surface area contributed by atoms with Gasteiger partial charge in [-0.05, 0) is 54.7 Å². The molecule has 0 unspecified atom stereocenters. The maximum Gasteiger partial charge on any atom is 0.192 e. The minimum absolute atomic E-state index is 0.0469. The van der Waals surface area contributed by atoms with Crippen molar-refractivity contribution in [1.82, 2.24) is 0 Å². The highest BCUT2D eigenvalue weighted by Crippen LogP contribution is 2.44. The third-order valence-corrected chi connectivity index (χ3v) is 15.5. The Balaban J connectivity index is 3.12. The van der Waals surface area contributed by atoms with Gasteiger partial charge in [-0.25, -0.2) is 0 Å². The zero-order chi connectivity index (χ0) is 20.6. The van der Waals surface area contributed by atoms with Crippen LogP contribution < -0.4 is 0 Å².